The van der Waals surface area contributed by atoms with Crippen LogP contribution in [0.3, 0.4) is 0 Å². The number of anilines is 2. The zero-order chi connectivity index (χ0) is 23.8. The maximum Gasteiger partial charge on any atom is 0.255 e. The molecule has 6 heteroatoms. The zero-order valence-corrected chi connectivity index (χ0v) is 20.2. The van der Waals surface area contributed by atoms with Crippen LogP contribution in [0.5, 0.6) is 5.75 Å². The lowest BCUT2D eigenvalue weighted by Crippen LogP contribution is -2.24. The summed E-state index contributed by atoms with van der Waals surface area (Å²) < 4.78 is 5.19. The molecule has 3 rings (SSSR count). The summed E-state index contributed by atoms with van der Waals surface area (Å²) >= 11 is 1.48. The third-order valence-corrected chi connectivity index (χ3v) is 6.57. The fraction of sp³-hybridized carbons (Fsp3) is 0.259. The first-order valence-corrected chi connectivity index (χ1v) is 11.9. The molecule has 0 aliphatic rings. The van der Waals surface area contributed by atoms with Crippen molar-refractivity contribution in [3.05, 3.63) is 83.9 Å². The van der Waals surface area contributed by atoms with Crippen LogP contribution in [0.15, 0.2) is 77.7 Å². The highest BCUT2D eigenvalue weighted by molar-refractivity contribution is 8.00. The van der Waals surface area contributed by atoms with E-state index >= 15 is 0 Å². The first-order chi connectivity index (χ1) is 15.9. The molecule has 0 radical (unpaired) electrons. The van der Waals surface area contributed by atoms with E-state index in [0.29, 0.717) is 29.3 Å². The molecule has 3 aromatic rings. The van der Waals surface area contributed by atoms with E-state index in [4.69, 9.17) is 4.74 Å². The third kappa shape index (κ3) is 6.86. The molecule has 1 unspecified atom stereocenters. The Hall–Kier alpha value is -3.25. The largest absolute Gasteiger partial charge is 0.497 e. The number of nitrogens with one attached hydrogen (secondary N) is 2. The number of methoxy groups -OCH3 is 1. The molecule has 0 spiro atoms. The van der Waals surface area contributed by atoms with Gasteiger partial charge in [0.2, 0.25) is 5.91 Å². The molecule has 0 aromatic heterocycles. The lowest BCUT2D eigenvalue weighted by atomic mass is 10.0. The fourth-order valence-corrected chi connectivity index (χ4v) is 4.29. The molecule has 5 nitrogen and oxygen atoms in total. The first kappa shape index (κ1) is 24.4. The molecule has 2 amide bonds. The standard InChI is InChI=1S/C27H30N2O3S/c1-5-25(27(31)28-21-14-12-19(13-15-21)18(2)3)33-24-11-7-9-22(17-24)29-26(30)20-8-6-10-23(16-20)32-4/h6-18,25H,5H2,1-4H3,(H,28,31)(H,29,30). The monoisotopic (exact) mass is 462 g/mol. The van der Waals surface area contributed by atoms with Gasteiger partial charge in [0.1, 0.15) is 5.75 Å². The van der Waals surface area contributed by atoms with Gasteiger partial charge in [0, 0.05) is 21.8 Å². The van der Waals surface area contributed by atoms with Gasteiger partial charge in [-0.3, -0.25) is 9.59 Å². The lowest BCUT2D eigenvalue weighted by molar-refractivity contribution is -0.115. The van der Waals surface area contributed by atoms with Gasteiger partial charge in [0.15, 0.2) is 0 Å². The van der Waals surface area contributed by atoms with Crippen LogP contribution in [-0.2, 0) is 4.79 Å². The minimum atomic E-state index is -0.251. The van der Waals surface area contributed by atoms with Crippen LogP contribution in [0.25, 0.3) is 0 Å². The van der Waals surface area contributed by atoms with Crippen LogP contribution in [0, 0.1) is 0 Å². The number of thioether (sulfide) groups is 1. The number of carbonyl (C=O) groups is 2. The predicted molar refractivity (Wildman–Crippen MR) is 136 cm³/mol. The number of hydrogen-bond acceptors (Lipinski definition) is 4. The van der Waals surface area contributed by atoms with E-state index in [1.54, 1.807) is 31.4 Å². The van der Waals surface area contributed by atoms with Gasteiger partial charge in [-0.1, -0.05) is 45.0 Å². The zero-order valence-electron chi connectivity index (χ0n) is 19.4. The number of rotatable bonds is 9. The Balaban J connectivity index is 1.64. The van der Waals surface area contributed by atoms with Crippen molar-refractivity contribution < 1.29 is 14.3 Å². The van der Waals surface area contributed by atoms with Crippen LogP contribution >= 0.6 is 11.8 Å². The van der Waals surface area contributed by atoms with Crippen molar-refractivity contribution in [3.63, 3.8) is 0 Å². The minimum absolute atomic E-state index is 0.0365. The van der Waals surface area contributed by atoms with Crippen LogP contribution in [-0.4, -0.2) is 24.2 Å². The lowest BCUT2D eigenvalue weighted by Gasteiger charge is -2.16. The summed E-state index contributed by atoms with van der Waals surface area (Å²) in [6, 6.07) is 22.5. The molecular formula is C27H30N2O3S. The van der Waals surface area contributed by atoms with Gasteiger partial charge in [0.25, 0.3) is 5.91 Å². The Labute approximate surface area is 199 Å². The van der Waals surface area contributed by atoms with Crippen molar-refractivity contribution >= 4 is 35.0 Å². The molecule has 3 aromatic carbocycles. The average molecular weight is 463 g/mol. The summed E-state index contributed by atoms with van der Waals surface area (Å²) in [5.41, 5.74) is 3.22. The van der Waals surface area contributed by atoms with E-state index < -0.39 is 0 Å². The van der Waals surface area contributed by atoms with Crippen molar-refractivity contribution in [1.29, 1.82) is 0 Å². The third-order valence-electron chi connectivity index (χ3n) is 5.21. The van der Waals surface area contributed by atoms with Gasteiger partial charge < -0.3 is 15.4 Å². The number of hydrogen-bond donors (Lipinski definition) is 2. The summed E-state index contributed by atoms with van der Waals surface area (Å²) in [5, 5.41) is 5.68. The van der Waals surface area contributed by atoms with Crippen LogP contribution in [0.4, 0.5) is 11.4 Å². The summed E-state index contributed by atoms with van der Waals surface area (Å²) in [5.74, 6) is 0.823. The van der Waals surface area contributed by atoms with Crippen molar-refractivity contribution in [3.8, 4) is 5.75 Å². The molecule has 33 heavy (non-hydrogen) atoms. The number of carbonyl (C=O) groups excluding carboxylic acids is 2. The molecular weight excluding hydrogens is 432 g/mol. The molecule has 172 valence electrons. The molecule has 0 aliphatic carbocycles. The van der Waals surface area contributed by atoms with Crippen molar-refractivity contribution in [1.82, 2.24) is 0 Å². The molecule has 2 N–H and O–H groups in total. The Kier molecular flexibility index (Phi) is 8.55. The number of benzene rings is 3. The number of amides is 2. The van der Waals surface area contributed by atoms with E-state index in [1.807, 2.05) is 55.5 Å². The minimum Gasteiger partial charge on any atom is -0.497 e. The molecule has 0 bridgehead atoms. The fourth-order valence-electron chi connectivity index (χ4n) is 3.28. The van der Waals surface area contributed by atoms with E-state index in [0.717, 1.165) is 10.6 Å². The topological polar surface area (TPSA) is 67.4 Å². The highest BCUT2D eigenvalue weighted by Crippen LogP contribution is 2.29. The normalized spacial score (nSPS) is 11.7. The highest BCUT2D eigenvalue weighted by Gasteiger charge is 2.18. The number of ether oxygens (including phenoxy) is 1. The van der Waals surface area contributed by atoms with Gasteiger partial charge in [-0.25, -0.2) is 0 Å². The maximum absolute atomic E-state index is 12.9. The smallest absolute Gasteiger partial charge is 0.255 e. The van der Waals surface area contributed by atoms with E-state index in [2.05, 4.69) is 24.5 Å². The molecule has 1 atom stereocenters. The van der Waals surface area contributed by atoms with E-state index in [-0.39, 0.29) is 17.1 Å². The Bertz CT molecular complexity index is 1100. The van der Waals surface area contributed by atoms with Gasteiger partial charge in [-0.05, 0) is 66.4 Å². The quantitative estimate of drug-likeness (QED) is 0.353. The van der Waals surface area contributed by atoms with Crippen LogP contribution in [0.2, 0.25) is 0 Å². The summed E-state index contributed by atoms with van der Waals surface area (Å²) in [6.45, 7) is 6.28. The Morgan fingerprint density at radius 2 is 1.64 bits per heavy atom. The predicted octanol–water partition coefficient (Wildman–Crippen LogP) is 6.58. The summed E-state index contributed by atoms with van der Waals surface area (Å²) in [6.07, 6.45) is 0.682. The second-order valence-electron chi connectivity index (χ2n) is 7.99. The molecule has 0 aliphatic heterocycles. The Morgan fingerprint density at radius 1 is 0.909 bits per heavy atom. The molecule has 0 fully saturated rings. The second-order valence-corrected chi connectivity index (χ2v) is 9.27. The molecule has 0 saturated carbocycles. The second kappa shape index (κ2) is 11.6. The van der Waals surface area contributed by atoms with Crippen LogP contribution in [0.1, 0.15) is 49.0 Å². The summed E-state index contributed by atoms with van der Waals surface area (Å²) in [4.78, 5) is 26.4. The molecule has 0 saturated heterocycles. The SMILES string of the molecule is CCC(Sc1cccc(NC(=O)c2cccc(OC)c2)c1)C(=O)Nc1ccc(C(C)C)cc1. The first-order valence-electron chi connectivity index (χ1n) is 11.0. The van der Waals surface area contributed by atoms with Crippen LogP contribution < -0.4 is 15.4 Å². The Morgan fingerprint density at radius 3 is 2.30 bits per heavy atom. The van der Waals surface area contributed by atoms with Crippen molar-refractivity contribution in [2.24, 2.45) is 0 Å². The van der Waals surface area contributed by atoms with Gasteiger partial charge in [-0.15, -0.1) is 11.8 Å². The van der Waals surface area contributed by atoms with Gasteiger partial charge in [0.05, 0.1) is 12.4 Å². The van der Waals surface area contributed by atoms with Gasteiger partial charge in [-0.2, -0.15) is 0 Å². The van der Waals surface area contributed by atoms with E-state index in [9.17, 15) is 9.59 Å². The maximum atomic E-state index is 12.9. The van der Waals surface area contributed by atoms with Crippen molar-refractivity contribution in [2.75, 3.05) is 17.7 Å². The average Bonchev–Trinajstić information content (AvgIpc) is 2.83. The van der Waals surface area contributed by atoms with E-state index in [1.165, 1.54) is 17.3 Å². The summed E-state index contributed by atoms with van der Waals surface area (Å²) in [7, 11) is 1.57. The van der Waals surface area contributed by atoms with Crippen molar-refractivity contribution in [2.45, 2.75) is 43.3 Å². The molecule has 0 heterocycles. The highest BCUT2D eigenvalue weighted by atomic mass is 32.2. The van der Waals surface area contributed by atoms with Gasteiger partial charge >= 0.3 is 0 Å².